The number of hydrogen-bond donors (Lipinski definition) is 2. The summed E-state index contributed by atoms with van der Waals surface area (Å²) in [5.74, 6) is 0.785. The maximum atomic E-state index is 11.7. The van der Waals surface area contributed by atoms with E-state index in [1.807, 2.05) is 11.9 Å². The number of likely N-dealkylation sites (N-methyl/N-ethyl adjacent to an activating group) is 1. The highest BCUT2D eigenvalue weighted by atomic mass is 16.2. The summed E-state index contributed by atoms with van der Waals surface area (Å²) in [5.41, 5.74) is 0. The van der Waals surface area contributed by atoms with Crippen molar-refractivity contribution >= 4 is 5.91 Å². The van der Waals surface area contributed by atoms with E-state index < -0.39 is 0 Å². The molecule has 0 radical (unpaired) electrons. The van der Waals surface area contributed by atoms with Crippen molar-refractivity contribution < 1.29 is 4.79 Å². The third-order valence-electron chi connectivity index (χ3n) is 3.72. The smallest absolute Gasteiger partial charge is 0.234 e. The number of carbonyl (C=O) groups is 1. The fourth-order valence-electron chi connectivity index (χ4n) is 2.08. The Kier molecular flexibility index (Phi) is 5.92. The molecule has 1 saturated heterocycles. The van der Waals surface area contributed by atoms with Gasteiger partial charge < -0.3 is 10.6 Å². The third-order valence-corrected chi connectivity index (χ3v) is 3.72. The Bertz CT molecular complexity index is 243. The van der Waals surface area contributed by atoms with Gasteiger partial charge in [0.05, 0.1) is 6.54 Å². The molecule has 1 rings (SSSR count). The van der Waals surface area contributed by atoms with Crippen LogP contribution in [-0.4, -0.2) is 49.6 Å². The van der Waals surface area contributed by atoms with Gasteiger partial charge in [-0.15, -0.1) is 0 Å². The molecule has 1 aliphatic rings. The first-order valence-corrected chi connectivity index (χ1v) is 6.71. The summed E-state index contributed by atoms with van der Waals surface area (Å²) in [5, 5.41) is 6.50. The molecule has 1 aliphatic heterocycles. The number of hydrogen-bond acceptors (Lipinski definition) is 3. The topological polar surface area (TPSA) is 44.4 Å². The first-order valence-electron chi connectivity index (χ1n) is 6.71. The van der Waals surface area contributed by atoms with Crippen molar-refractivity contribution in [2.45, 2.75) is 45.7 Å². The van der Waals surface area contributed by atoms with E-state index in [9.17, 15) is 4.79 Å². The molecule has 0 bridgehead atoms. The number of carbonyl (C=O) groups excluding carboxylic acids is 1. The monoisotopic (exact) mass is 241 g/mol. The zero-order valence-electron chi connectivity index (χ0n) is 11.6. The predicted molar refractivity (Wildman–Crippen MR) is 71.0 cm³/mol. The van der Waals surface area contributed by atoms with Crippen LogP contribution in [-0.2, 0) is 4.79 Å². The second-order valence-corrected chi connectivity index (χ2v) is 5.49. The van der Waals surface area contributed by atoms with Gasteiger partial charge in [0.2, 0.25) is 5.91 Å². The zero-order valence-corrected chi connectivity index (χ0v) is 11.6. The van der Waals surface area contributed by atoms with E-state index >= 15 is 0 Å². The number of nitrogens with one attached hydrogen (secondary N) is 2. The molecule has 2 atom stereocenters. The molecule has 1 fully saturated rings. The Balaban J connectivity index is 2.23. The lowest BCUT2D eigenvalue weighted by Gasteiger charge is -2.30. The Morgan fingerprint density at radius 1 is 1.53 bits per heavy atom. The first-order chi connectivity index (χ1) is 8.00. The first kappa shape index (κ1) is 14.5. The molecule has 0 aromatic heterocycles. The minimum absolute atomic E-state index is 0.126. The minimum atomic E-state index is 0.126. The fourth-order valence-corrected chi connectivity index (χ4v) is 2.08. The molecule has 100 valence electrons. The van der Waals surface area contributed by atoms with E-state index in [1.165, 1.54) is 12.8 Å². The van der Waals surface area contributed by atoms with E-state index in [0.29, 0.717) is 24.5 Å². The van der Waals surface area contributed by atoms with Gasteiger partial charge in [-0.25, -0.2) is 0 Å². The van der Waals surface area contributed by atoms with Crippen molar-refractivity contribution in [2.24, 2.45) is 5.92 Å². The van der Waals surface area contributed by atoms with Crippen LogP contribution in [0.25, 0.3) is 0 Å². The normalized spacial score (nSPS) is 25.3. The quantitative estimate of drug-likeness (QED) is 0.749. The molecule has 17 heavy (non-hydrogen) atoms. The average molecular weight is 241 g/mol. The molecular formula is C13H27N3O. The molecule has 1 amide bonds. The molecule has 0 aromatic carbocycles. The lowest BCUT2D eigenvalue weighted by atomic mass is 9.93. The molecule has 0 saturated carbocycles. The summed E-state index contributed by atoms with van der Waals surface area (Å²) < 4.78 is 0. The minimum Gasteiger partial charge on any atom is -0.353 e. The summed E-state index contributed by atoms with van der Waals surface area (Å²) in [6.45, 7) is 8.76. The second-order valence-electron chi connectivity index (χ2n) is 5.49. The van der Waals surface area contributed by atoms with Crippen LogP contribution in [0.4, 0.5) is 0 Å². The molecule has 0 aromatic rings. The summed E-state index contributed by atoms with van der Waals surface area (Å²) in [6, 6.07) is 0.851. The van der Waals surface area contributed by atoms with Crippen LogP contribution in [0.2, 0.25) is 0 Å². The van der Waals surface area contributed by atoms with Crippen molar-refractivity contribution in [3.05, 3.63) is 0 Å². The van der Waals surface area contributed by atoms with Crippen LogP contribution < -0.4 is 10.6 Å². The zero-order chi connectivity index (χ0) is 12.8. The largest absolute Gasteiger partial charge is 0.353 e. The highest BCUT2D eigenvalue weighted by Crippen LogP contribution is 2.14. The maximum Gasteiger partial charge on any atom is 0.234 e. The third kappa shape index (κ3) is 5.04. The molecule has 0 unspecified atom stereocenters. The average Bonchev–Trinajstić information content (AvgIpc) is 2.27. The van der Waals surface area contributed by atoms with Crippen molar-refractivity contribution in [3.8, 4) is 0 Å². The van der Waals surface area contributed by atoms with E-state index in [1.54, 1.807) is 0 Å². The number of amides is 1. The highest BCUT2D eigenvalue weighted by molar-refractivity contribution is 5.78. The number of piperidine rings is 1. The van der Waals surface area contributed by atoms with Crippen LogP contribution >= 0.6 is 0 Å². The van der Waals surface area contributed by atoms with E-state index in [0.717, 1.165) is 13.1 Å². The Morgan fingerprint density at radius 2 is 2.24 bits per heavy atom. The van der Waals surface area contributed by atoms with E-state index in [4.69, 9.17) is 0 Å². The Morgan fingerprint density at radius 3 is 2.82 bits per heavy atom. The number of nitrogens with zero attached hydrogens (tertiary/aromatic N) is 1. The van der Waals surface area contributed by atoms with Gasteiger partial charge in [-0.3, -0.25) is 9.69 Å². The Hall–Kier alpha value is -0.610. The summed E-state index contributed by atoms with van der Waals surface area (Å²) in [4.78, 5) is 13.8. The van der Waals surface area contributed by atoms with Crippen molar-refractivity contribution in [1.29, 1.82) is 0 Å². The summed E-state index contributed by atoms with van der Waals surface area (Å²) >= 11 is 0. The predicted octanol–water partition coefficient (Wildman–Crippen LogP) is 0.831. The molecular weight excluding hydrogens is 214 g/mol. The van der Waals surface area contributed by atoms with Crippen molar-refractivity contribution in [3.63, 3.8) is 0 Å². The summed E-state index contributed by atoms with van der Waals surface area (Å²) in [7, 11) is 1.98. The SMILES string of the molecule is CC(C)N(C)CC(=O)NC[C@@H]1NCCC[C@@H]1C. The lowest BCUT2D eigenvalue weighted by Crippen LogP contribution is -2.49. The standard InChI is InChI=1S/C13H27N3O/c1-10(2)16(4)9-13(17)15-8-12-11(3)6-5-7-14-12/h10-12,14H,5-9H2,1-4H3,(H,15,17)/t11-,12-/m0/s1. The lowest BCUT2D eigenvalue weighted by molar-refractivity contribution is -0.122. The van der Waals surface area contributed by atoms with Crippen LogP contribution in [0.15, 0.2) is 0 Å². The van der Waals surface area contributed by atoms with Crippen LogP contribution in [0.5, 0.6) is 0 Å². The molecule has 0 spiro atoms. The molecule has 0 aliphatic carbocycles. The van der Waals surface area contributed by atoms with Gasteiger partial charge in [0.1, 0.15) is 0 Å². The second kappa shape index (κ2) is 6.97. The van der Waals surface area contributed by atoms with Crippen LogP contribution in [0, 0.1) is 5.92 Å². The van der Waals surface area contributed by atoms with Gasteiger partial charge >= 0.3 is 0 Å². The van der Waals surface area contributed by atoms with Crippen molar-refractivity contribution in [2.75, 3.05) is 26.7 Å². The fraction of sp³-hybridized carbons (Fsp3) is 0.923. The Labute approximate surface area is 105 Å². The van der Waals surface area contributed by atoms with Gasteiger partial charge in [-0.05, 0) is 46.2 Å². The molecule has 4 heteroatoms. The highest BCUT2D eigenvalue weighted by Gasteiger charge is 2.21. The number of rotatable bonds is 5. The molecule has 2 N–H and O–H groups in total. The van der Waals surface area contributed by atoms with Crippen LogP contribution in [0.3, 0.4) is 0 Å². The van der Waals surface area contributed by atoms with Gasteiger partial charge in [-0.1, -0.05) is 6.92 Å². The van der Waals surface area contributed by atoms with Crippen molar-refractivity contribution in [1.82, 2.24) is 15.5 Å². The molecule has 1 heterocycles. The van der Waals surface area contributed by atoms with Gasteiger partial charge in [0.25, 0.3) is 0 Å². The molecule has 4 nitrogen and oxygen atoms in total. The maximum absolute atomic E-state index is 11.7. The van der Waals surface area contributed by atoms with E-state index in [-0.39, 0.29) is 5.91 Å². The summed E-state index contributed by atoms with van der Waals surface area (Å²) in [6.07, 6.45) is 2.52. The van der Waals surface area contributed by atoms with Gasteiger partial charge in [0.15, 0.2) is 0 Å². The van der Waals surface area contributed by atoms with Crippen LogP contribution in [0.1, 0.15) is 33.6 Å². The van der Waals surface area contributed by atoms with Gasteiger partial charge in [-0.2, -0.15) is 0 Å². The van der Waals surface area contributed by atoms with E-state index in [2.05, 4.69) is 31.4 Å². The van der Waals surface area contributed by atoms with Gasteiger partial charge in [0, 0.05) is 18.6 Å².